The number of nitrogens with zero attached hydrogens (tertiary/aromatic N) is 4. The second-order valence-electron chi connectivity index (χ2n) is 15.9. The van der Waals surface area contributed by atoms with E-state index in [4.69, 9.17) is 24.1 Å². The van der Waals surface area contributed by atoms with Gasteiger partial charge in [-0.3, -0.25) is 0 Å². The van der Waals surface area contributed by atoms with Crippen molar-refractivity contribution in [1.82, 2.24) is 19.5 Å². The fourth-order valence-electron chi connectivity index (χ4n) is 9.58. The van der Waals surface area contributed by atoms with Crippen molar-refractivity contribution >= 4 is 60.1 Å². The molecule has 13 rings (SSSR count). The summed E-state index contributed by atoms with van der Waals surface area (Å²) in [5.74, 6) is 2.65. The van der Waals surface area contributed by atoms with Crippen molar-refractivity contribution in [3.05, 3.63) is 206 Å². The summed E-state index contributed by atoms with van der Waals surface area (Å²) in [5.41, 5.74) is 10.8. The second-order valence-corrected chi connectivity index (χ2v) is 15.9. The molecule has 2 atom stereocenters. The number of hydrogen-bond donors (Lipinski definition) is 0. The second kappa shape index (κ2) is 13.2. The zero-order chi connectivity index (χ0) is 40.0. The van der Waals surface area contributed by atoms with Crippen molar-refractivity contribution < 1.29 is 9.15 Å². The lowest BCUT2D eigenvalue weighted by Crippen LogP contribution is -2.23. The molecule has 0 N–H and O–H groups in total. The first-order valence-electron chi connectivity index (χ1n) is 20.7. The molecule has 0 saturated carbocycles. The molecule has 0 amide bonds. The Labute approximate surface area is 350 Å². The molecular formula is C55H34N4O2. The van der Waals surface area contributed by atoms with Gasteiger partial charge in [0.2, 0.25) is 0 Å². The lowest BCUT2D eigenvalue weighted by molar-refractivity contribution is 0.277. The first-order chi connectivity index (χ1) is 30.2. The van der Waals surface area contributed by atoms with Gasteiger partial charge in [-0.25, -0.2) is 15.0 Å². The zero-order valence-corrected chi connectivity index (χ0v) is 32.7. The van der Waals surface area contributed by atoms with Gasteiger partial charge in [-0.15, -0.1) is 0 Å². The zero-order valence-electron chi connectivity index (χ0n) is 32.7. The quantitative estimate of drug-likeness (QED) is 0.174. The van der Waals surface area contributed by atoms with Gasteiger partial charge in [0.1, 0.15) is 23.0 Å². The van der Waals surface area contributed by atoms with E-state index in [1.54, 1.807) is 0 Å². The standard InChI is InChI=1S/C55H34N4O2/c1-2-13-33(14-3-1)34-25-27-35(28-26-34)53-56-54(58-55(57-53)43-21-12-20-40-39-18-7-10-23-47(39)61-52(40)43)42-29-30-49-50(41-19-8-11-24-48(41)60-49)51(42)59-45-22-9-6-17-38(45)44-31-36-15-4-5-16-37(36)32-46(44)59/h1-32,40,52H. The molecule has 286 valence electrons. The number of fused-ring (bicyclic) bond motifs is 10. The monoisotopic (exact) mass is 782 g/mol. The molecule has 1 aliphatic carbocycles. The number of hydrogen-bond acceptors (Lipinski definition) is 5. The molecular weight excluding hydrogens is 749 g/mol. The van der Waals surface area contributed by atoms with Crippen LogP contribution in [-0.4, -0.2) is 25.6 Å². The predicted molar refractivity (Wildman–Crippen MR) is 246 cm³/mol. The Morgan fingerprint density at radius 2 is 1.18 bits per heavy atom. The van der Waals surface area contributed by atoms with Gasteiger partial charge in [-0.1, -0.05) is 152 Å². The van der Waals surface area contributed by atoms with Crippen LogP contribution >= 0.6 is 0 Å². The van der Waals surface area contributed by atoms with Gasteiger partial charge in [0, 0.05) is 44.3 Å². The molecule has 2 aliphatic rings. The van der Waals surface area contributed by atoms with Gasteiger partial charge in [0.05, 0.1) is 22.1 Å². The Bertz CT molecular complexity index is 3640. The number of para-hydroxylation sites is 3. The Morgan fingerprint density at radius 3 is 2.07 bits per heavy atom. The number of allylic oxidation sites excluding steroid dienone is 2. The molecule has 6 nitrogen and oxygen atoms in total. The molecule has 0 spiro atoms. The van der Waals surface area contributed by atoms with Crippen LogP contribution in [0.2, 0.25) is 0 Å². The third-order valence-corrected chi connectivity index (χ3v) is 12.4. The van der Waals surface area contributed by atoms with Crippen LogP contribution in [-0.2, 0) is 0 Å². The van der Waals surface area contributed by atoms with Crippen molar-refractivity contribution in [3.63, 3.8) is 0 Å². The van der Waals surface area contributed by atoms with E-state index >= 15 is 0 Å². The number of benzene rings is 8. The highest BCUT2D eigenvalue weighted by molar-refractivity contribution is 6.18. The minimum absolute atomic E-state index is 0.0432. The molecule has 0 bridgehead atoms. The number of aromatic nitrogens is 4. The maximum Gasteiger partial charge on any atom is 0.166 e. The molecule has 8 aromatic carbocycles. The van der Waals surface area contributed by atoms with E-state index in [2.05, 4.69) is 168 Å². The number of ether oxygens (including phenoxy) is 1. The van der Waals surface area contributed by atoms with Crippen LogP contribution in [0.4, 0.5) is 0 Å². The highest BCUT2D eigenvalue weighted by atomic mass is 16.5. The van der Waals surface area contributed by atoms with Gasteiger partial charge in [-0.05, 0) is 64.4 Å². The lowest BCUT2D eigenvalue weighted by Gasteiger charge is -2.22. The third-order valence-electron chi connectivity index (χ3n) is 12.4. The highest BCUT2D eigenvalue weighted by Gasteiger charge is 2.38. The Balaban J connectivity index is 1.10. The van der Waals surface area contributed by atoms with Crippen molar-refractivity contribution in [3.8, 4) is 45.3 Å². The number of furan rings is 1. The normalized spacial score (nSPS) is 15.7. The third kappa shape index (κ3) is 5.25. The molecule has 0 radical (unpaired) electrons. The van der Waals surface area contributed by atoms with Crippen molar-refractivity contribution in [1.29, 1.82) is 0 Å². The Hall–Kier alpha value is -8.09. The molecule has 2 unspecified atom stereocenters. The minimum atomic E-state index is -0.281. The Kier molecular flexibility index (Phi) is 7.33. The highest BCUT2D eigenvalue weighted by Crippen LogP contribution is 2.47. The van der Waals surface area contributed by atoms with Crippen LogP contribution in [0.3, 0.4) is 0 Å². The van der Waals surface area contributed by atoms with Crippen LogP contribution in [0.25, 0.3) is 99.7 Å². The summed E-state index contributed by atoms with van der Waals surface area (Å²) in [6.45, 7) is 0. The van der Waals surface area contributed by atoms with E-state index in [9.17, 15) is 0 Å². The SMILES string of the molecule is C1=CC2c3ccccc3OC2C(c2nc(-c3ccc(-c4ccccc4)cc3)nc(-c3ccc4oc5ccccc5c4c3-n3c4ccccc4c4cc5ccccc5cc43)n2)=C1. The van der Waals surface area contributed by atoms with Crippen LogP contribution in [0.15, 0.2) is 199 Å². The molecule has 3 aromatic heterocycles. The van der Waals surface area contributed by atoms with Crippen molar-refractivity contribution in [2.45, 2.75) is 12.0 Å². The van der Waals surface area contributed by atoms with Crippen molar-refractivity contribution in [2.24, 2.45) is 0 Å². The van der Waals surface area contributed by atoms with Gasteiger partial charge in [0.15, 0.2) is 17.5 Å². The summed E-state index contributed by atoms with van der Waals surface area (Å²) in [6, 6.07) is 61.5. The first-order valence-corrected chi connectivity index (χ1v) is 20.7. The van der Waals surface area contributed by atoms with Crippen LogP contribution in [0.5, 0.6) is 5.75 Å². The fourth-order valence-corrected chi connectivity index (χ4v) is 9.58. The Morgan fingerprint density at radius 1 is 0.492 bits per heavy atom. The van der Waals surface area contributed by atoms with Crippen LogP contribution in [0.1, 0.15) is 17.3 Å². The van der Waals surface area contributed by atoms with Gasteiger partial charge in [-0.2, -0.15) is 0 Å². The maximum absolute atomic E-state index is 6.71. The largest absolute Gasteiger partial charge is 0.484 e. The molecule has 1 aliphatic heterocycles. The predicted octanol–water partition coefficient (Wildman–Crippen LogP) is 13.5. The van der Waals surface area contributed by atoms with E-state index in [0.717, 1.165) is 83.0 Å². The molecule has 0 saturated heterocycles. The minimum Gasteiger partial charge on any atom is -0.484 e. The summed E-state index contributed by atoms with van der Waals surface area (Å²) >= 11 is 0. The first kappa shape index (κ1) is 33.8. The molecule has 6 heteroatoms. The van der Waals surface area contributed by atoms with E-state index < -0.39 is 0 Å². The molecule has 11 aromatic rings. The summed E-state index contributed by atoms with van der Waals surface area (Å²) < 4.78 is 15.7. The van der Waals surface area contributed by atoms with E-state index in [1.165, 1.54) is 16.3 Å². The molecule has 61 heavy (non-hydrogen) atoms. The summed E-state index contributed by atoms with van der Waals surface area (Å²) in [7, 11) is 0. The molecule has 0 fully saturated rings. The summed E-state index contributed by atoms with van der Waals surface area (Å²) in [4.78, 5) is 16.1. The summed E-state index contributed by atoms with van der Waals surface area (Å²) in [6.07, 6.45) is 6.14. The lowest BCUT2D eigenvalue weighted by atomic mass is 9.87. The van der Waals surface area contributed by atoms with Gasteiger partial charge in [0.25, 0.3) is 0 Å². The van der Waals surface area contributed by atoms with Crippen LogP contribution < -0.4 is 4.74 Å². The van der Waals surface area contributed by atoms with E-state index in [1.807, 2.05) is 30.3 Å². The van der Waals surface area contributed by atoms with Gasteiger partial charge >= 0.3 is 0 Å². The topological polar surface area (TPSA) is 66.0 Å². The van der Waals surface area contributed by atoms with Crippen LogP contribution in [0, 0.1) is 0 Å². The smallest absolute Gasteiger partial charge is 0.166 e. The van der Waals surface area contributed by atoms with E-state index in [-0.39, 0.29) is 12.0 Å². The van der Waals surface area contributed by atoms with Gasteiger partial charge < -0.3 is 13.7 Å². The fraction of sp³-hybridized carbons (Fsp3) is 0.0364. The average molecular weight is 783 g/mol. The average Bonchev–Trinajstić information content (AvgIpc) is 4.00. The van der Waals surface area contributed by atoms with Crippen molar-refractivity contribution in [2.75, 3.05) is 0 Å². The summed E-state index contributed by atoms with van der Waals surface area (Å²) in [5, 5.41) is 6.71. The maximum atomic E-state index is 6.71. The number of rotatable bonds is 5. The van der Waals surface area contributed by atoms with E-state index in [0.29, 0.717) is 17.5 Å². The molecule has 4 heterocycles.